The summed E-state index contributed by atoms with van der Waals surface area (Å²) in [5, 5.41) is 58.2. The Kier molecular flexibility index (Phi) is 15.8. The molecule has 13 heteroatoms. The molecule has 5 N–H and O–H groups in total. The van der Waals surface area contributed by atoms with Gasteiger partial charge in [-0.3, -0.25) is 0 Å². The van der Waals surface area contributed by atoms with Crippen molar-refractivity contribution >= 4 is 0 Å². The smallest absolute Gasteiger partial charge is 0.185 e. The van der Waals surface area contributed by atoms with Crippen LogP contribution < -0.4 is 0 Å². The molecule has 0 spiro atoms. The minimum absolute atomic E-state index is 0.0693. The highest BCUT2D eigenvalue weighted by Gasteiger charge is 2.51. The monoisotopic (exact) mass is 735 g/mol. The quantitative estimate of drug-likeness (QED) is 0.260. The Labute approximate surface area is 307 Å². The van der Waals surface area contributed by atoms with Crippen LogP contribution in [0.1, 0.15) is 94.9 Å². The van der Waals surface area contributed by atoms with Crippen LogP contribution in [0.15, 0.2) is 0 Å². The second kappa shape index (κ2) is 18.0. The van der Waals surface area contributed by atoms with E-state index in [1.54, 1.807) is 27.9 Å². The van der Waals surface area contributed by atoms with E-state index < -0.39 is 84.1 Å². The molecule has 3 aliphatic heterocycles. The Morgan fingerprint density at radius 3 is 2.10 bits per heavy atom. The fourth-order valence-electron chi connectivity index (χ4n) is 8.88. The summed E-state index contributed by atoms with van der Waals surface area (Å²) in [4.78, 5) is 3.97. The zero-order chi connectivity index (χ0) is 38.8. The van der Waals surface area contributed by atoms with Gasteiger partial charge in [0.15, 0.2) is 12.6 Å². The number of methoxy groups -OCH3 is 1. The highest BCUT2D eigenvalue weighted by Crippen LogP contribution is 2.40. The fourth-order valence-corrected chi connectivity index (χ4v) is 8.88. The van der Waals surface area contributed by atoms with E-state index in [0.717, 1.165) is 0 Å². The molecule has 0 aromatic rings. The van der Waals surface area contributed by atoms with E-state index >= 15 is 0 Å². The number of hydrogen-bond donors (Lipinski definition) is 5. The largest absolute Gasteiger partial charge is 0.388 e. The summed E-state index contributed by atoms with van der Waals surface area (Å²) < 4.78 is 38.4. The van der Waals surface area contributed by atoms with Crippen LogP contribution in [0.3, 0.4) is 0 Å². The van der Waals surface area contributed by atoms with Crippen molar-refractivity contribution in [2.45, 2.75) is 185 Å². The van der Waals surface area contributed by atoms with Crippen LogP contribution in [-0.2, 0) is 28.4 Å². The van der Waals surface area contributed by atoms with Crippen LogP contribution in [0.5, 0.6) is 0 Å². The summed E-state index contributed by atoms with van der Waals surface area (Å²) in [6, 6.07) is -0.629. The summed E-state index contributed by atoms with van der Waals surface area (Å²) in [7, 11) is 7.31. The Morgan fingerprint density at radius 1 is 0.902 bits per heavy atom. The minimum Gasteiger partial charge on any atom is -0.388 e. The molecule has 0 unspecified atom stereocenters. The molecule has 3 rings (SSSR count). The maximum absolute atomic E-state index is 12.5. The molecule has 302 valence electrons. The Balaban J connectivity index is 2.12. The van der Waals surface area contributed by atoms with Gasteiger partial charge in [-0.05, 0) is 87.9 Å². The van der Waals surface area contributed by atoms with Crippen LogP contribution in [0, 0.1) is 17.8 Å². The lowest BCUT2D eigenvalue weighted by Gasteiger charge is -2.49. The van der Waals surface area contributed by atoms with E-state index in [2.05, 4.69) is 0 Å². The summed E-state index contributed by atoms with van der Waals surface area (Å²) in [6.07, 6.45) is -6.08. The van der Waals surface area contributed by atoms with Gasteiger partial charge in [0.05, 0.1) is 48.3 Å². The lowest BCUT2D eigenvalue weighted by Crippen LogP contribution is -2.60. The molecule has 0 radical (unpaired) electrons. The van der Waals surface area contributed by atoms with Gasteiger partial charge in [0.1, 0.15) is 23.9 Å². The van der Waals surface area contributed by atoms with Gasteiger partial charge in [-0.1, -0.05) is 27.7 Å². The van der Waals surface area contributed by atoms with E-state index in [9.17, 15) is 25.5 Å². The molecule has 3 heterocycles. The zero-order valence-corrected chi connectivity index (χ0v) is 34.0. The van der Waals surface area contributed by atoms with E-state index in [1.807, 2.05) is 79.4 Å². The maximum Gasteiger partial charge on any atom is 0.185 e. The first-order valence-electron chi connectivity index (χ1n) is 19.1. The molecule has 0 amide bonds. The normalized spacial score (nSPS) is 50.5. The van der Waals surface area contributed by atoms with Crippen molar-refractivity contribution < 1.29 is 54.0 Å². The molecule has 0 aromatic heterocycles. The van der Waals surface area contributed by atoms with Gasteiger partial charge in [0, 0.05) is 44.0 Å². The Morgan fingerprint density at radius 2 is 1.53 bits per heavy atom. The maximum atomic E-state index is 12.5. The van der Waals surface area contributed by atoms with Crippen LogP contribution in [0.2, 0.25) is 0 Å². The van der Waals surface area contributed by atoms with Crippen LogP contribution in [-0.4, -0.2) is 167 Å². The van der Waals surface area contributed by atoms with Crippen molar-refractivity contribution in [2.24, 2.45) is 17.8 Å². The second-order valence-corrected chi connectivity index (χ2v) is 17.3. The van der Waals surface area contributed by atoms with Gasteiger partial charge in [-0.15, -0.1) is 0 Å². The molecule has 51 heavy (non-hydrogen) atoms. The second-order valence-electron chi connectivity index (χ2n) is 17.3. The first-order valence-corrected chi connectivity index (χ1v) is 19.1. The average molecular weight is 735 g/mol. The zero-order valence-electron chi connectivity index (χ0n) is 34.0. The van der Waals surface area contributed by atoms with Crippen molar-refractivity contribution in [2.75, 3.05) is 41.4 Å². The molecular weight excluding hydrogens is 660 g/mol. The standard InChI is InChI=1S/C38H74N2O11/c1-15-28-38(10,45)32(42)25(6)40(13)19-21(2)17-36(8,44)34(51-35-30(41)27(39(11)12)16-23(4)48-35)24(5)31(22(3)20-47-28)50-29-18-37(9,46-14)33(43)26(7)49-29/h21-35,41-45H,15-20H2,1-14H3/t21-,22+,23-,24+,25-,26+,27+,28-,29+,30-,31-,32-,33+,34-,35+,36-,37-,38-/m1/s1. The van der Waals surface area contributed by atoms with Crippen LogP contribution in [0.4, 0.5) is 0 Å². The first kappa shape index (κ1) is 44.9. The fraction of sp³-hybridized carbons (Fsp3) is 1.00. The number of rotatable bonds is 7. The molecule has 3 fully saturated rings. The molecule has 0 aliphatic carbocycles. The van der Waals surface area contributed by atoms with E-state index in [-0.39, 0.29) is 37.0 Å². The topological polar surface area (TPSA) is 163 Å². The first-order chi connectivity index (χ1) is 23.5. The van der Waals surface area contributed by atoms with Crippen molar-refractivity contribution in [1.29, 1.82) is 0 Å². The highest BCUT2D eigenvalue weighted by molar-refractivity contribution is 4.99. The van der Waals surface area contributed by atoms with Crippen molar-refractivity contribution in [1.82, 2.24) is 9.80 Å². The van der Waals surface area contributed by atoms with E-state index in [4.69, 9.17) is 28.4 Å². The number of aliphatic hydroxyl groups is 5. The van der Waals surface area contributed by atoms with Gasteiger partial charge in [0.2, 0.25) is 0 Å². The predicted octanol–water partition coefficient (Wildman–Crippen LogP) is 2.37. The predicted molar refractivity (Wildman–Crippen MR) is 194 cm³/mol. The number of likely N-dealkylation sites (N-methyl/N-ethyl adjacent to an activating group) is 2. The SMILES string of the molecule is CC[C@H]1OC[C@H](C)[C@@H](O[C@H]2C[C@@](C)(OC)[C@@H](O)[C@H](C)O2)[C@H](C)[C@@H](O[C@@H]2O[C@H](C)C[C@H](N(C)C)[C@H]2O)[C@](C)(O)C[C@@H](C)CN(C)[C@H](C)[C@@H](O)[C@]1(C)O. The Hall–Kier alpha value is -0.520. The highest BCUT2D eigenvalue weighted by atomic mass is 16.7. The molecule has 3 aliphatic rings. The number of nitrogens with zero attached hydrogens (tertiary/aromatic N) is 2. The molecule has 13 nitrogen and oxygen atoms in total. The molecule has 0 bridgehead atoms. The van der Waals surface area contributed by atoms with Gasteiger partial charge < -0.3 is 63.8 Å². The van der Waals surface area contributed by atoms with Gasteiger partial charge in [-0.2, -0.15) is 0 Å². The van der Waals surface area contributed by atoms with Crippen LogP contribution >= 0.6 is 0 Å². The van der Waals surface area contributed by atoms with Gasteiger partial charge >= 0.3 is 0 Å². The number of aliphatic hydroxyl groups excluding tert-OH is 3. The van der Waals surface area contributed by atoms with Crippen LogP contribution in [0.25, 0.3) is 0 Å². The van der Waals surface area contributed by atoms with Gasteiger partial charge in [0.25, 0.3) is 0 Å². The Bertz CT molecular complexity index is 1070. The van der Waals surface area contributed by atoms with E-state index in [0.29, 0.717) is 25.8 Å². The number of hydrogen-bond acceptors (Lipinski definition) is 13. The summed E-state index contributed by atoms with van der Waals surface area (Å²) in [5.41, 5.74) is -3.92. The van der Waals surface area contributed by atoms with E-state index in [1.165, 1.54) is 0 Å². The molecule has 18 atom stereocenters. The minimum atomic E-state index is -1.56. The summed E-state index contributed by atoms with van der Waals surface area (Å²) in [5.74, 6) is -0.916. The van der Waals surface area contributed by atoms with Crippen molar-refractivity contribution in [3.05, 3.63) is 0 Å². The van der Waals surface area contributed by atoms with Gasteiger partial charge in [-0.25, -0.2) is 0 Å². The third kappa shape index (κ3) is 10.4. The third-order valence-electron chi connectivity index (χ3n) is 12.2. The summed E-state index contributed by atoms with van der Waals surface area (Å²) in [6.45, 7) is 19.4. The third-order valence-corrected chi connectivity index (χ3v) is 12.2. The molecular formula is C38H74N2O11. The lowest BCUT2D eigenvalue weighted by atomic mass is 9.77. The molecule has 3 saturated heterocycles. The average Bonchev–Trinajstić information content (AvgIpc) is 3.04. The molecule has 0 aromatic carbocycles. The molecule has 0 saturated carbocycles. The number of ether oxygens (including phenoxy) is 6. The van der Waals surface area contributed by atoms with Crippen molar-refractivity contribution in [3.63, 3.8) is 0 Å². The van der Waals surface area contributed by atoms with Crippen molar-refractivity contribution in [3.8, 4) is 0 Å². The summed E-state index contributed by atoms with van der Waals surface area (Å²) >= 11 is 0. The lowest BCUT2D eigenvalue weighted by molar-refractivity contribution is -0.319.